The molecule has 0 radical (unpaired) electrons. The van der Waals surface area contributed by atoms with E-state index < -0.39 is 0 Å². The van der Waals surface area contributed by atoms with Gasteiger partial charge < -0.3 is 20.1 Å². The van der Waals surface area contributed by atoms with Crippen LogP contribution in [0, 0.1) is 0 Å². The van der Waals surface area contributed by atoms with Crippen LogP contribution >= 0.6 is 11.3 Å². The summed E-state index contributed by atoms with van der Waals surface area (Å²) in [6, 6.07) is 9.66. The van der Waals surface area contributed by atoms with Crippen LogP contribution in [-0.4, -0.2) is 41.3 Å². The second-order valence-electron chi connectivity index (χ2n) is 7.68. The number of anilines is 3. The molecule has 0 amide bonds. The lowest BCUT2D eigenvalue weighted by atomic mass is 10.0. The molecular weight excluding hydrogens is 410 g/mol. The summed E-state index contributed by atoms with van der Waals surface area (Å²) < 4.78 is 11.0. The number of thiazole rings is 1. The first kappa shape index (κ1) is 21.5. The molecule has 8 heteroatoms. The van der Waals surface area contributed by atoms with Gasteiger partial charge in [-0.3, -0.25) is 0 Å². The number of ether oxygens (including phenoxy) is 2. The van der Waals surface area contributed by atoms with Crippen LogP contribution in [0.4, 0.5) is 16.8 Å². The second kappa shape index (κ2) is 10.1. The molecule has 2 aromatic heterocycles. The van der Waals surface area contributed by atoms with E-state index in [0.717, 1.165) is 65.2 Å². The summed E-state index contributed by atoms with van der Waals surface area (Å²) in [7, 11) is 1.65. The van der Waals surface area contributed by atoms with Gasteiger partial charge in [-0.1, -0.05) is 31.3 Å². The summed E-state index contributed by atoms with van der Waals surface area (Å²) in [6.07, 6.45) is 5.32. The molecule has 1 aliphatic rings. The highest BCUT2D eigenvalue weighted by Gasteiger charge is 2.21. The molecule has 0 saturated carbocycles. The van der Waals surface area contributed by atoms with Crippen LogP contribution in [0.3, 0.4) is 0 Å². The van der Waals surface area contributed by atoms with Gasteiger partial charge in [0.05, 0.1) is 29.5 Å². The van der Waals surface area contributed by atoms with Gasteiger partial charge in [0.1, 0.15) is 5.75 Å². The Morgan fingerprint density at radius 3 is 2.97 bits per heavy atom. The zero-order valence-corrected chi connectivity index (χ0v) is 19.0. The van der Waals surface area contributed by atoms with Crippen LogP contribution in [-0.2, 0) is 4.74 Å². The molecule has 1 saturated heterocycles. The SMILES string of the molecule is CCC(C)c1nc(NCC2CCCO2)sc1-c1ccnc(Nc2cccc(OC)c2)n1. The van der Waals surface area contributed by atoms with Crippen molar-refractivity contribution in [3.63, 3.8) is 0 Å². The van der Waals surface area contributed by atoms with E-state index in [1.807, 2.05) is 30.3 Å². The molecule has 7 nitrogen and oxygen atoms in total. The smallest absolute Gasteiger partial charge is 0.227 e. The van der Waals surface area contributed by atoms with E-state index >= 15 is 0 Å². The normalized spacial score (nSPS) is 16.8. The molecule has 1 aliphatic heterocycles. The van der Waals surface area contributed by atoms with Crippen LogP contribution < -0.4 is 15.4 Å². The Morgan fingerprint density at radius 1 is 1.29 bits per heavy atom. The van der Waals surface area contributed by atoms with E-state index in [2.05, 4.69) is 29.5 Å². The zero-order valence-electron chi connectivity index (χ0n) is 18.2. The van der Waals surface area contributed by atoms with E-state index in [0.29, 0.717) is 11.9 Å². The number of nitrogens with one attached hydrogen (secondary N) is 2. The fourth-order valence-corrected chi connectivity index (χ4v) is 4.56. The van der Waals surface area contributed by atoms with E-state index in [-0.39, 0.29) is 6.10 Å². The fraction of sp³-hybridized carbons (Fsp3) is 0.435. The van der Waals surface area contributed by atoms with Crippen molar-refractivity contribution in [3.05, 3.63) is 42.2 Å². The van der Waals surface area contributed by atoms with Crippen molar-refractivity contribution < 1.29 is 9.47 Å². The van der Waals surface area contributed by atoms with Gasteiger partial charge in [-0.25, -0.2) is 15.0 Å². The zero-order chi connectivity index (χ0) is 21.6. The molecule has 3 heterocycles. The third-order valence-electron chi connectivity index (χ3n) is 5.45. The van der Waals surface area contributed by atoms with Crippen molar-refractivity contribution in [2.45, 2.75) is 45.1 Å². The molecule has 1 aromatic carbocycles. The van der Waals surface area contributed by atoms with E-state index in [4.69, 9.17) is 19.4 Å². The van der Waals surface area contributed by atoms with Gasteiger partial charge in [0, 0.05) is 31.1 Å². The Balaban J connectivity index is 1.57. The van der Waals surface area contributed by atoms with E-state index in [1.54, 1.807) is 24.6 Å². The molecule has 0 aliphatic carbocycles. The summed E-state index contributed by atoms with van der Waals surface area (Å²) in [5.74, 6) is 1.67. The third-order valence-corrected chi connectivity index (χ3v) is 6.50. The largest absolute Gasteiger partial charge is 0.497 e. The van der Waals surface area contributed by atoms with Gasteiger partial charge in [0.15, 0.2) is 5.13 Å². The third kappa shape index (κ3) is 5.32. The highest BCUT2D eigenvalue weighted by molar-refractivity contribution is 7.19. The standard InChI is InChI=1S/C23H29N5O2S/c1-4-15(2)20-21(31-23(28-20)25-14-18-9-6-12-30-18)19-10-11-24-22(27-19)26-16-7-5-8-17(13-16)29-3/h5,7-8,10-11,13,15,18H,4,6,9,12,14H2,1-3H3,(H,25,28)(H,24,26,27). The van der Waals surface area contributed by atoms with Crippen LogP contribution in [0.15, 0.2) is 36.5 Å². The van der Waals surface area contributed by atoms with Crippen molar-refractivity contribution in [2.24, 2.45) is 0 Å². The summed E-state index contributed by atoms with van der Waals surface area (Å²) in [6.45, 7) is 6.04. The summed E-state index contributed by atoms with van der Waals surface area (Å²) in [4.78, 5) is 15.2. The second-order valence-corrected chi connectivity index (χ2v) is 8.68. The number of hydrogen-bond donors (Lipinski definition) is 2. The average Bonchev–Trinajstić information content (AvgIpc) is 3.47. The molecule has 0 bridgehead atoms. The topological polar surface area (TPSA) is 81.2 Å². The lowest BCUT2D eigenvalue weighted by molar-refractivity contribution is 0.120. The Hall–Kier alpha value is -2.71. The molecular formula is C23H29N5O2S. The van der Waals surface area contributed by atoms with E-state index in [9.17, 15) is 0 Å². The predicted octanol–water partition coefficient (Wildman–Crippen LogP) is 5.46. The summed E-state index contributed by atoms with van der Waals surface area (Å²) in [5, 5.41) is 7.66. The maximum atomic E-state index is 5.73. The molecule has 0 spiro atoms. The van der Waals surface area contributed by atoms with Gasteiger partial charge in [0.2, 0.25) is 5.95 Å². The van der Waals surface area contributed by atoms with Gasteiger partial charge in [0.25, 0.3) is 0 Å². The van der Waals surface area contributed by atoms with Crippen molar-refractivity contribution >= 4 is 28.1 Å². The number of methoxy groups -OCH3 is 1. The van der Waals surface area contributed by atoms with Crippen molar-refractivity contribution in [3.8, 4) is 16.3 Å². The Morgan fingerprint density at radius 2 is 2.19 bits per heavy atom. The van der Waals surface area contributed by atoms with Gasteiger partial charge in [-0.15, -0.1) is 0 Å². The number of benzene rings is 1. The predicted molar refractivity (Wildman–Crippen MR) is 126 cm³/mol. The lowest BCUT2D eigenvalue weighted by Crippen LogP contribution is -2.18. The van der Waals surface area contributed by atoms with Crippen LogP contribution in [0.25, 0.3) is 10.6 Å². The van der Waals surface area contributed by atoms with Crippen LogP contribution in [0.1, 0.15) is 44.7 Å². The molecule has 164 valence electrons. The number of hydrogen-bond acceptors (Lipinski definition) is 8. The first-order valence-corrected chi connectivity index (χ1v) is 11.6. The summed E-state index contributed by atoms with van der Waals surface area (Å²) in [5.41, 5.74) is 2.83. The van der Waals surface area contributed by atoms with E-state index in [1.165, 1.54) is 0 Å². The van der Waals surface area contributed by atoms with Crippen molar-refractivity contribution in [2.75, 3.05) is 30.9 Å². The molecule has 2 N–H and O–H groups in total. The minimum atomic E-state index is 0.275. The molecule has 1 fully saturated rings. The molecule has 2 unspecified atom stereocenters. The highest BCUT2D eigenvalue weighted by Crippen LogP contribution is 2.37. The number of aromatic nitrogens is 3. The minimum Gasteiger partial charge on any atom is -0.497 e. The minimum absolute atomic E-state index is 0.275. The molecule has 3 aromatic rings. The van der Waals surface area contributed by atoms with Crippen molar-refractivity contribution in [1.29, 1.82) is 0 Å². The maximum Gasteiger partial charge on any atom is 0.227 e. The monoisotopic (exact) mass is 439 g/mol. The maximum absolute atomic E-state index is 5.73. The Kier molecular flexibility index (Phi) is 6.99. The first-order valence-electron chi connectivity index (χ1n) is 10.8. The highest BCUT2D eigenvalue weighted by atomic mass is 32.1. The van der Waals surface area contributed by atoms with Crippen LogP contribution in [0.2, 0.25) is 0 Å². The number of rotatable bonds is 9. The molecule has 4 rings (SSSR count). The first-order chi connectivity index (χ1) is 15.2. The molecule has 31 heavy (non-hydrogen) atoms. The van der Waals surface area contributed by atoms with Gasteiger partial charge >= 0.3 is 0 Å². The average molecular weight is 440 g/mol. The lowest BCUT2D eigenvalue weighted by Gasteiger charge is -2.10. The van der Waals surface area contributed by atoms with Gasteiger partial charge in [-0.05, 0) is 43.4 Å². The fourth-order valence-electron chi connectivity index (χ4n) is 3.50. The van der Waals surface area contributed by atoms with Crippen LogP contribution in [0.5, 0.6) is 5.75 Å². The van der Waals surface area contributed by atoms with Crippen molar-refractivity contribution in [1.82, 2.24) is 15.0 Å². The molecule has 2 atom stereocenters. The van der Waals surface area contributed by atoms with Gasteiger partial charge in [-0.2, -0.15) is 0 Å². The Bertz CT molecular complexity index is 1000. The quantitative estimate of drug-likeness (QED) is 0.458. The summed E-state index contributed by atoms with van der Waals surface area (Å²) >= 11 is 1.64. The number of nitrogens with zero attached hydrogens (tertiary/aromatic N) is 3. The Labute approximate surface area is 187 Å².